The predicted molar refractivity (Wildman–Crippen MR) is 147 cm³/mol. The number of non-ortho nitro benzene ring substituents is 1. The fourth-order valence-electron chi connectivity index (χ4n) is 4.41. The molecule has 39 heavy (non-hydrogen) atoms. The lowest BCUT2D eigenvalue weighted by Gasteiger charge is -2.20. The highest BCUT2D eigenvalue weighted by Gasteiger charge is 2.30. The van der Waals surface area contributed by atoms with Gasteiger partial charge < -0.3 is 25.3 Å². The Morgan fingerprint density at radius 1 is 1.08 bits per heavy atom. The summed E-state index contributed by atoms with van der Waals surface area (Å²) >= 11 is 0. The summed E-state index contributed by atoms with van der Waals surface area (Å²) in [6.45, 7) is 0.978. The minimum Gasteiger partial charge on any atom is -0.354 e. The van der Waals surface area contributed by atoms with Gasteiger partial charge in [0.2, 0.25) is 5.91 Å². The van der Waals surface area contributed by atoms with Crippen molar-refractivity contribution in [2.45, 2.75) is 13.0 Å². The van der Waals surface area contributed by atoms with Gasteiger partial charge in [0, 0.05) is 60.2 Å². The van der Waals surface area contributed by atoms with E-state index in [0.717, 1.165) is 11.3 Å². The van der Waals surface area contributed by atoms with Crippen LogP contribution in [0.3, 0.4) is 0 Å². The molecule has 2 aliphatic rings. The number of nitro benzene ring substituents is 1. The molecule has 5 rings (SSSR count). The van der Waals surface area contributed by atoms with Crippen molar-refractivity contribution in [1.29, 1.82) is 0 Å². The van der Waals surface area contributed by atoms with Crippen LogP contribution < -0.4 is 20.4 Å². The Bertz CT molecular complexity index is 1500. The molecule has 2 N–H and O–H groups in total. The van der Waals surface area contributed by atoms with Crippen molar-refractivity contribution in [2.24, 2.45) is 0 Å². The number of carbonyl (C=O) groups is 2. The Balaban J connectivity index is 1.51. The number of nitrogens with one attached hydrogen (secondary N) is 2. The number of fused-ring (bicyclic) bond motifs is 2. The van der Waals surface area contributed by atoms with Gasteiger partial charge in [-0.25, -0.2) is 0 Å². The van der Waals surface area contributed by atoms with E-state index >= 15 is 0 Å². The van der Waals surface area contributed by atoms with E-state index in [2.05, 4.69) is 10.6 Å². The summed E-state index contributed by atoms with van der Waals surface area (Å²) in [4.78, 5) is 50.4. The van der Waals surface area contributed by atoms with E-state index in [-0.39, 0.29) is 11.6 Å². The van der Waals surface area contributed by atoms with Gasteiger partial charge in [0.25, 0.3) is 11.6 Å². The van der Waals surface area contributed by atoms with E-state index in [1.54, 1.807) is 24.1 Å². The summed E-state index contributed by atoms with van der Waals surface area (Å²) in [5.41, 5.74) is 4.55. The van der Waals surface area contributed by atoms with Crippen LogP contribution in [0, 0.1) is 10.1 Å². The number of benzene rings is 3. The van der Waals surface area contributed by atoms with E-state index in [1.807, 2.05) is 55.4 Å². The summed E-state index contributed by atoms with van der Waals surface area (Å²) in [6, 6.07) is 17.1. The number of amides is 2. The summed E-state index contributed by atoms with van der Waals surface area (Å²) in [5, 5.41) is 17.4. The van der Waals surface area contributed by atoms with Gasteiger partial charge >= 0.3 is 0 Å². The number of hydrogen-bond acceptors (Lipinski definition) is 8. The van der Waals surface area contributed by atoms with Crippen molar-refractivity contribution < 1.29 is 24.3 Å². The topological polar surface area (TPSA) is 126 Å². The fourth-order valence-corrected chi connectivity index (χ4v) is 4.41. The summed E-state index contributed by atoms with van der Waals surface area (Å²) in [5.74, 6) is 0.150. The molecular formula is C28H27N5O6. The maximum absolute atomic E-state index is 13.2. The highest BCUT2D eigenvalue weighted by molar-refractivity contribution is 6.37. The quantitative estimate of drug-likeness (QED) is 0.192. The molecule has 0 aromatic heterocycles. The molecule has 0 bridgehead atoms. The molecule has 0 saturated heterocycles. The highest BCUT2D eigenvalue weighted by Crippen LogP contribution is 2.40. The minimum atomic E-state index is -0.505. The molecule has 2 heterocycles. The van der Waals surface area contributed by atoms with E-state index in [0.29, 0.717) is 59.1 Å². The second-order valence-corrected chi connectivity index (χ2v) is 9.54. The zero-order valence-electron chi connectivity index (χ0n) is 21.7. The van der Waals surface area contributed by atoms with Crippen molar-refractivity contribution in [3.05, 3.63) is 87.5 Å². The average molecular weight is 530 g/mol. The van der Waals surface area contributed by atoms with Gasteiger partial charge in [0.05, 0.1) is 21.9 Å². The van der Waals surface area contributed by atoms with Crippen LogP contribution in [-0.2, 0) is 21.1 Å². The Morgan fingerprint density at radius 3 is 2.56 bits per heavy atom. The van der Waals surface area contributed by atoms with Gasteiger partial charge in [0.1, 0.15) is 6.61 Å². The Labute approximate surface area is 224 Å². The van der Waals surface area contributed by atoms with Crippen molar-refractivity contribution in [3.63, 3.8) is 0 Å². The predicted octanol–water partition coefficient (Wildman–Crippen LogP) is 4.27. The molecule has 11 heteroatoms. The van der Waals surface area contributed by atoms with Crippen molar-refractivity contribution in [1.82, 2.24) is 4.90 Å². The molecule has 200 valence electrons. The second kappa shape index (κ2) is 10.6. The molecule has 0 unspecified atom stereocenters. The van der Waals surface area contributed by atoms with Gasteiger partial charge in [-0.05, 0) is 50.5 Å². The summed E-state index contributed by atoms with van der Waals surface area (Å²) in [7, 11) is 5.58. The molecule has 0 atom stereocenters. The van der Waals surface area contributed by atoms with E-state index in [9.17, 15) is 19.7 Å². The zero-order valence-corrected chi connectivity index (χ0v) is 21.7. The first-order valence-corrected chi connectivity index (χ1v) is 12.3. The van der Waals surface area contributed by atoms with Gasteiger partial charge in [-0.15, -0.1) is 0 Å². The molecule has 0 aliphatic carbocycles. The number of carbonyl (C=O) groups excluding carboxylic acids is 2. The number of anilines is 3. The summed E-state index contributed by atoms with van der Waals surface area (Å²) < 4.78 is 0. The van der Waals surface area contributed by atoms with Crippen molar-refractivity contribution in [3.8, 4) is 5.75 Å². The molecule has 0 saturated carbocycles. The van der Waals surface area contributed by atoms with Gasteiger partial charge in [0.15, 0.2) is 5.75 Å². The van der Waals surface area contributed by atoms with Gasteiger partial charge in [-0.3, -0.25) is 19.7 Å². The second-order valence-electron chi connectivity index (χ2n) is 9.54. The lowest BCUT2D eigenvalue weighted by molar-refractivity contribution is -0.384. The number of nitro groups is 1. The van der Waals surface area contributed by atoms with E-state index in [1.165, 1.54) is 12.1 Å². The third kappa shape index (κ3) is 5.31. The van der Waals surface area contributed by atoms with Crippen LogP contribution in [0.15, 0.2) is 60.7 Å². The molecular weight excluding hydrogens is 502 g/mol. The lowest BCUT2D eigenvalue weighted by atomic mass is 9.98. The molecule has 3 aromatic rings. The summed E-state index contributed by atoms with van der Waals surface area (Å²) in [6.07, 6.45) is 0.399. The smallest absolute Gasteiger partial charge is 0.271 e. The fraction of sp³-hybridized carbons (Fsp3) is 0.214. The molecule has 0 spiro atoms. The van der Waals surface area contributed by atoms with Crippen LogP contribution in [0.5, 0.6) is 5.75 Å². The van der Waals surface area contributed by atoms with Gasteiger partial charge in [-0.1, -0.05) is 12.1 Å². The average Bonchev–Trinajstić information content (AvgIpc) is 3.52. The van der Waals surface area contributed by atoms with Gasteiger partial charge in [-0.2, -0.15) is 4.89 Å². The highest BCUT2D eigenvalue weighted by atomic mass is 17.2. The maximum atomic E-state index is 13.2. The standard InChI is InChI=1S/C28H27N5O6/c1-31(2)13-12-25(34)32(3)20-8-6-19(7-9-20)29-27(17-4-5-18-16-38-39-24(18)14-17)26-22-11-10-21(33(36)37)15-23(22)30-28(26)35/h4-11,14-15,29H,12-13,16H2,1-3H3,(H,30,35)/b27-26-. The van der Waals surface area contributed by atoms with Crippen LogP contribution in [0.25, 0.3) is 11.3 Å². The number of hydrogen-bond donors (Lipinski definition) is 2. The first-order chi connectivity index (χ1) is 18.7. The minimum absolute atomic E-state index is 0.000836. The molecule has 0 fully saturated rings. The SMILES string of the molecule is CN(C)CCC(=O)N(C)c1ccc(N/C(=C2\C(=O)Nc3cc([N+](=O)[O-])ccc32)c2ccc3c(c2)OOC3)cc1. The van der Waals surface area contributed by atoms with Crippen LogP contribution in [0.2, 0.25) is 0 Å². The Hall–Kier alpha value is -4.74. The third-order valence-electron chi connectivity index (χ3n) is 6.60. The molecule has 2 aliphatic heterocycles. The van der Waals surface area contributed by atoms with E-state index < -0.39 is 10.8 Å². The zero-order chi connectivity index (χ0) is 27.7. The largest absolute Gasteiger partial charge is 0.354 e. The van der Waals surface area contributed by atoms with Crippen LogP contribution in [-0.4, -0.2) is 49.3 Å². The molecule has 2 amide bonds. The maximum Gasteiger partial charge on any atom is 0.271 e. The first-order valence-electron chi connectivity index (χ1n) is 12.3. The van der Waals surface area contributed by atoms with Crippen molar-refractivity contribution in [2.75, 3.05) is 43.2 Å². The van der Waals surface area contributed by atoms with E-state index in [4.69, 9.17) is 9.78 Å². The third-order valence-corrected chi connectivity index (χ3v) is 6.60. The van der Waals surface area contributed by atoms with Crippen LogP contribution in [0.4, 0.5) is 22.7 Å². The Morgan fingerprint density at radius 2 is 1.85 bits per heavy atom. The molecule has 11 nitrogen and oxygen atoms in total. The van der Waals surface area contributed by atoms with Crippen molar-refractivity contribution >= 4 is 45.8 Å². The number of nitrogens with zero attached hydrogens (tertiary/aromatic N) is 3. The monoisotopic (exact) mass is 529 g/mol. The normalized spacial score (nSPS) is 14.8. The van der Waals surface area contributed by atoms with Crippen LogP contribution in [0.1, 0.15) is 23.1 Å². The lowest BCUT2D eigenvalue weighted by Crippen LogP contribution is -2.29. The van der Waals surface area contributed by atoms with Crippen LogP contribution >= 0.6 is 0 Å². The first kappa shape index (κ1) is 25.9. The Kier molecular flexibility index (Phi) is 7.01. The molecule has 0 radical (unpaired) electrons. The molecule has 3 aromatic carbocycles. The number of rotatable bonds is 8.